The van der Waals surface area contributed by atoms with Gasteiger partial charge in [0.15, 0.2) is 0 Å². The van der Waals surface area contributed by atoms with Crippen molar-refractivity contribution in [1.29, 1.82) is 0 Å². The summed E-state index contributed by atoms with van der Waals surface area (Å²) in [7, 11) is 0. The SMILES string of the molecule is CCNC(CC)CCCSc1ccc(Br)cc1. The molecular formula is C14H22BrNS. The summed E-state index contributed by atoms with van der Waals surface area (Å²) in [5.74, 6) is 1.21. The molecule has 0 amide bonds. The molecule has 0 saturated carbocycles. The third-order valence-electron chi connectivity index (χ3n) is 2.76. The van der Waals surface area contributed by atoms with Crippen LogP contribution in [0.15, 0.2) is 33.6 Å². The summed E-state index contributed by atoms with van der Waals surface area (Å²) in [5.41, 5.74) is 0. The first kappa shape index (κ1) is 15.1. The number of hydrogen-bond donors (Lipinski definition) is 1. The second kappa shape index (κ2) is 9.01. The molecular weight excluding hydrogens is 294 g/mol. The Kier molecular flexibility index (Phi) is 7.99. The molecule has 1 atom stereocenters. The topological polar surface area (TPSA) is 12.0 Å². The highest BCUT2D eigenvalue weighted by molar-refractivity contribution is 9.10. The van der Waals surface area contributed by atoms with Crippen LogP contribution in [-0.4, -0.2) is 18.3 Å². The lowest BCUT2D eigenvalue weighted by atomic mass is 10.1. The number of nitrogens with one attached hydrogen (secondary N) is 1. The van der Waals surface area contributed by atoms with Crippen molar-refractivity contribution in [3.8, 4) is 0 Å². The molecule has 1 nitrogen and oxygen atoms in total. The number of benzene rings is 1. The molecule has 96 valence electrons. The summed E-state index contributed by atoms with van der Waals surface area (Å²) >= 11 is 5.41. The average Bonchev–Trinajstić information content (AvgIpc) is 2.35. The Morgan fingerprint density at radius 2 is 1.94 bits per heavy atom. The Labute approximate surface area is 118 Å². The minimum atomic E-state index is 0.700. The minimum absolute atomic E-state index is 0.700. The molecule has 0 radical (unpaired) electrons. The molecule has 0 aliphatic carbocycles. The van der Waals surface area contributed by atoms with Gasteiger partial charge in [-0.05, 0) is 55.8 Å². The van der Waals surface area contributed by atoms with E-state index in [1.807, 2.05) is 11.8 Å². The highest BCUT2D eigenvalue weighted by Crippen LogP contribution is 2.22. The van der Waals surface area contributed by atoms with Crippen LogP contribution in [0.5, 0.6) is 0 Å². The van der Waals surface area contributed by atoms with Crippen molar-refractivity contribution in [1.82, 2.24) is 5.32 Å². The zero-order chi connectivity index (χ0) is 12.5. The van der Waals surface area contributed by atoms with Crippen LogP contribution in [0.3, 0.4) is 0 Å². The number of rotatable bonds is 8. The van der Waals surface area contributed by atoms with Crippen LogP contribution >= 0.6 is 27.7 Å². The molecule has 0 spiro atoms. The number of halogens is 1. The fraction of sp³-hybridized carbons (Fsp3) is 0.571. The highest BCUT2D eigenvalue weighted by Gasteiger charge is 2.03. The predicted molar refractivity (Wildman–Crippen MR) is 81.9 cm³/mol. The fourth-order valence-corrected chi connectivity index (χ4v) is 2.93. The highest BCUT2D eigenvalue weighted by atomic mass is 79.9. The van der Waals surface area contributed by atoms with Crippen molar-refractivity contribution in [2.75, 3.05) is 12.3 Å². The van der Waals surface area contributed by atoms with E-state index in [2.05, 4.69) is 59.4 Å². The van der Waals surface area contributed by atoms with Gasteiger partial charge in [-0.2, -0.15) is 0 Å². The molecule has 0 aliphatic heterocycles. The molecule has 0 aliphatic rings. The van der Waals surface area contributed by atoms with Crippen molar-refractivity contribution in [3.05, 3.63) is 28.7 Å². The first-order valence-corrected chi connectivity index (χ1v) is 8.15. The Hall–Kier alpha value is 0.01000. The van der Waals surface area contributed by atoms with Gasteiger partial charge in [0.1, 0.15) is 0 Å². The monoisotopic (exact) mass is 315 g/mol. The zero-order valence-electron chi connectivity index (χ0n) is 10.7. The maximum absolute atomic E-state index is 3.52. The third kappa shape index (κ3) is 6.49. The van der Waals surface area contributed by atoms with Crippen LogP contribution < -0.4 is 5.32 Å². The van der Waals surface area contributed by atoms with Gasteiger partial charge >= 0.3 is 0 Å². The normalized spacial score (nSPS) is 12.6. The smallest absolute Gasteiger partial charge is 0.0176 e. The van der Waals surface area contributed by atoms with E-state index in [0.717, 1.165) is 11.0 Å². The van der Waals surface area contributed by atoms with E-state index in [4.69, 9.17) is 0 Å². The number of thioether (sulfide) groups is 1. The van der Waals surface area contributed by atoms with Crippen LogP contribution in [-0.2, 0) is 0 Å². The Morgan fingerprint density at radius 1 is 1.24 bits per heavy atom. The first-order chi connectivity index (χ1) is 8.26. The summed E-state index contributed by atoms with van der Waals surface area (Å²) < 4.78 is 1.15. The van der Waals surface area contributed by atoms with Crippen molar-refractivity contribution >= 4 is 27.7 Å². The second-order valence-electron chi connectivity index (χ2n) is 4.11. The van der Waals surface area contributed by atoms with E-state index in [0.29, 0.717) is 6.04 Å². The van der Waals surface area contributed by atoms with Crippen molar-refractivity contribution in [2.24, 2.45) is 0 Å². The molecule has 1 unspecified atom stereocenters. The van der Waals surface area contributed by atoms with Gasteiger partial charge < -0.3 is 5.32 Å². The largest absolute Gasteiger partial charge is 0.314 e. The number of hydrogen-bond acceptors (Lipinski definition) is 2. The second-order valence-corrected chi connectivity index (χ2v) is 6.19. The van der Waals surface area contributed by atoms with Gasteiger partial charge in [0.2, 0.25) is 0 Å². The van der Waals surface area contributed by atoms with Crippen LogP contribution in [0, 0.1) is 0 Å². The van der Waals surface area contributed by atoms with Crippen molar-refractivity contribution < 1.29 is 0 Å². The van der Waals surface area contributed by atoms with E-state index in [1.165, 1.54) is 29.9 Å². The first-order valence-electron chi connectivity index (χ1n) is 6.38. The Balaban J connectivity index is 2.17. The molecule has 0 saturated heterocycles. The van der Waals surface area contributed by atoms with Gasteiger partial charge in [0.25, 0.3) is 0 Å². The summed E-state index contributed by atoms with van der Waals surface area (Å²) in [4.78, 5) is 1.37. The van der Waals surface area contributed by atoms with E-state index < -0.39 is 0 Å². The van der Waals surface area contributed by atoms with E-state index >= 15 is 0 Å². The molecule has 0 heterocycles. The molecule has 1 aromatic carbocycles. The minimum Gasteiger partial charge on any atom is -0.314 e. The van der Waals surface area contributed by atoms with Gasteiger partial charge in [-0.15, -0.1) is 11.8 Å². The Bertz CT molecular complexity index is 300. The average molecular weight is 316 g/mol. The summed E-state index contributed by atoms with van der Waals surface area (Å²) in [6.45, 7) is 5.52. The van der Waals surface area contributed by atoms with Crippen molar-refractivity contribution in [2.45, 2.75) is 44.0 Å². The zero-order valence-corrected chi connectivity index (χ0v) is 13.1. The van der Waals surface area contributed by atoms with Gasteiger partial charge in [0, 0.05) is 15.4 Å². The van der Waals surface area contributed by atoms with Crippen LogP contribution in [0.4, 0.5) is 0 Å². The van der Waals surface area contributed by atoms with Crippen LogP contribution in [0.2, 0.25) is 0 Å². The quantitative estimate of drug-likeness (QED) is 0.551. The van der Waals surface area contributed by atoms with E-state index in [9.17, 15) is 0 Å². The summed E-state index contributed by atoms with van der Waals surface area (Å²) in [6.07, 6.45) is 3.80. The standard InChI is InChI=1S/C14H22BrNS/c1-3-13(16-4-2)6-5-11-17-14-9-7-12(15)8-10-14/h7-10,13,16H,3-6,11H2,1-2H3. The molecule has 0 bridgehead atoms. The van der Waals surface area contributed by atoms with Crippen LogP contribution in [0.25, 0.3) is 0 Å². The van der Waals surface area contributed by atoms with Crippen molar-refractivity contribution in [3.63, 3.8) is 0 Å². The maximum atomic E-state index is 3.52. The predicted octanol–water partition coefficient (Wildman–Crippen LogP) is 4.71. The van der Waals surface area contributed by atoms with E-state index in [-0.39, 0.29) is 0 Å². The molecule has 0 aromatic heterocycles. The molecule has 3 heteroatoms. The lowest BCUT2D eigenvalue weighted by Gasteiger charge is -2.15. The lowest BCUT2D eigenvalue weighted by molar-refractivity contribution is 0.477. The Morgan fingerprint density at radius 3 is 2.53 bits per heavy atom. The van der Waals surface area contributed by atoms with Gasteiger partial charge in [0.05, 0.1) is 0 Å². The molecule has 0 fully saturated rings. The summed E-state index contributed by atoms with van der Waals surface area (Å²) in [5, 5.41) is 3.52. The van der Waals surface area contributed by atoms with Gasteiger partial charge in [-0.25, -0.2) is 0 Å². The summed E-state index contributed by atoms with van der Waals surface area (Å²) in [6, 6.07) is 9.27. The maximum Gasteiger partial charge on any atom is 0.0176 e. The third-order valence-corrected chi connectivity index (χ3v) is 4.39. The van der Waals surface area contributed by atoms with Crippen LogP contribution in [0.1, 0.15) is 33.1 Å². The van der Waals surface area contributed by atoms with Gasteiger partial charge in [-0.3, -0.25) is 0 Å². The van der Waals surface area contributed by atoms with Gasteiger partial charge in [-0.1, -0.05) is 29.8 Å². The fourth-order valence-electron chi connectivity index (χ4n) is 1.79. The lowest BCUT2D eigenvalue weighted by Crippen LogP contribution is -2.28. The molecule has 1 rings (SSSR count). The molecule has 17 heavy (non-hydrogen) atoms. The molecule has 1 N–H and O–H groups in total. The van der Waals surface area contributed by atoms with E-state index in [1.54, 1.807) is 0 Å². The molecule has 1 aromatic rings.